The summed E-state index contributed by atoms with van der Waals surface area (Å²) in [6.45, 7) is 6.70. The van der Waals surface area contributed by atoms with Gasteiger partial charge in [-0.3, -0.25) is 0 Å². The average molecular weight is 312 g/mol. The molecular formula is C18H21N2OP. The van der Waals surface area contributed by atoms with Crippen molar-refractivity contribution in [1.82, 2.24) is 9.97 Å². The van der Waals surface area contributed by atoms with Crippen LogP contribution >= 0.6 is 7.92 Å². The summed E-state index contributed by atoms with van der Waals surface area (Å²) in [4.78, 5) is 7.77. The molecule has 0 aliphatic rings. The lowest BCUT2D eigenvalue weighted by molar-refractivity contribution is 0.283. The summed E-state index contributed by atoms with van der Waals surface area (Å²) in [5.41, 5.74) is 5.57. The summed E-state index contributed by atoms with van der Waals surface area (Å²) < 4.78 is 0. The molecule has 0 saturated heterocycles. The Hall–Kier alpha value is -1.70. The summed E-state index contributed by atoms with van der Waals surface area (Å²) in [5, 5.41) is 12.0. The number of aromatic amines is 1. The van der Waals surface area contributed by atoms with Crippen LogP contribution in [0.2, 0.25) is 0 Å². The highest BCUT2D eigenvalue weighted by atomic mass is 31.1. The fourth-order valence-electron chi connectivity index (χ4n) is 2.80. The van der Waals surface area contributed by atoms with Gasteiger partial charge in [0, 0.05) is 23.3 Å². The van der Waals surface area contributed by atoms with Gasteiger partial charge in [-0.05, 0) is 53.9 Å². The van der Waals surface area contributed by atoms with Gasteiger partial charge in [0.1, 0.15) is 5.65 Å². The van der Waals surface area contributed by atoms with Gasteiger partial charge in [0.05, 0.1) is 6.61 Å². The molecule has 0 saturated carbocycles. The van der Waals surface area contributed by atoms with Crippen LogP contribution in [0, 0.1) is 0 Å². The molecule has 2 heterocycles. The SMILES string of the molecule is CCc1c[nH]c2ncc(-c3ccc(CO)c(P(C)C)c3)cc12. The molecule has 0 bridgehead atoms. The lowest BCUT2D eigenvalue weighted by Crippen LogP contribution is -2.08. The van der Waals surface area contributed by atoms with Gasteiger partial charge in [-0.25, -0.2) is 4.98 Å². The maximum absolute atomic E-state index is 9.50. The number of hydrogen-bond acceptors (Lipinski definition) is 2. The highest BCUT2D eigenvalue weighted by molar-refractivity contribution is 7.64. The topological polar surface area (TPSA) is 48.9 Å². The third kappa shape index (κ3) is 2.67. The van der Waals surface area contributed by atoms with Crippen molar-refractivity contribution >= 4 is 24.3 Å². The fraction of sp³-hybridized carbons (Fsp3) is 0.278. The van der Waals surface area contributed by atoms with Gasteiger partial charge in [-0.2, -0.15) is 0 Å². The smallest absolute Gasteiger partial charge is 0.137 e. The van der Waals surface area contributed by atoms with E-state index in [2.05, 4.69) is 48.4 Å². The molecule has 22 heavy (non-hydrogen) atoms. The van der Waals surface area contributed by atoms with Crippen LogP contribution in [-0.2, 0) is 13.0 Å². The number of aromatic nitrogens is 2. The second-order valence-electron chi connectivity index (χ2n) is 5.68. The second kappa shape index (κ2) is 6.20. The first-order valence-corrected chi connectivity index (χ1v) is 9.75. The number of nitrogens with one attached hydrogen (secondary N) is 1. The molecule has 0 aliphatic carbocycles. The van der Waals surface area contributed by atoms with E-state index in [4.69, 9.17) is 0 Å². The molecule has 0 amide bonds. The average Bonchev–Trinajstić information content (AvgIpc) is 2.96. The fourth-order valence-corrected chi connectivity index (χ4v) is 3.92. The van der Waals surface area contributed by atoms with Gasteiger partial charge >= 0.3 is 0 Å². The second-order valence-corrected chi connectivity index (χ2v) is 7.95. The lowest BCUT2D eigenvalue weighted by Gasteiger charge is -2.13. The zero-order chi connectivity index (χ0) is 15.7. The minimum absolute atomic E-state index is 0.102. The molecule has 3 rings (SSSR count). The first kappa shape index (κ1) is 15.2. The highest BCUT2D eigenvalue weighted by Gasteiger charge is 2.10. The molecule has 0 spiro atoms. The summed E-state index contributed by atoms with van der Waals surface area (Å²) in [5.74, 6) is 0. The molecule has 3 aromatic rings. The zero-order valence-electron chi connectivity index (χ0n) is 13.2. The Labute approximate surface area is 132 Å². The number of aryl methyl sites for hydroxylation is 1. The summed E-state index contributed by atoms with van der Waals surface area (Å²) in [6.07, 6.45) is 4.96. The van der Waals surface area contributed by atoms with E-state index in [-0.39, 0.29) is 14.5 Å². The summed E-state index contributed by atoms with van der Waals surface area (Å²) in [6, 6.07) is 8.53. The Morgan fingerprint density at radius 2 is 1.95 bits per heavy atom. The molecule has 0 aliphatic heterocycles. The number of hydrogen-bond donors (Lipinski definition) is 2. The Kier molecular flexibility index (Phi) is 4.28. The Morgan fingerprint density at radius 1 is 1.14 bits per heavy atom. The maximum atomic E-state index is 9.50. The van der Waals surface area contributed by atoms with Crippen molar-refractivity contribution in [2.75, 3.05) is 13.3 Å². The maximum Gasteiger partial charge on any atom is 0.137 e. The van der Waals surface area contributed by atoms with Crippen LogP contribution in [-0.4, -0.2) is 28.4 Å². The minimum Gasteiger partial charge on any atom is -0.392 e. The van der Waals surface area contributed by atoms with Crippen LogP contribution in [0.4, 0.5) is 0 Å². The number of aliphatic hydroxyl groups excluding tert-OH is 1. The van der Waals surface area contributed by atoms with Crippen LogP contribution in [0.15, 0.2) is 36.7 Å². The number of H-pyrrole nitrogens is 1. The van der Waals surface area contributed by atoms with E-state index in [1.165, 1.54) is 21.8 Å². The van der Waals surface area contributed by atoms with E-state index < -0.39 is 0 Å². The Balaban J connectivity index is 2.12. The van der Waals surface area contributed by atoms with Gasteiger partial charge in [0.25, 0.3) is 0 Å². The van der Waals surface area contributed by atoms with Gasteiger partial charge in [0.15, 0.2) is 0 Å². The van der Waals surface area contributed by atoms with Crippen LogP contribution in [0.3, 0.4) is 0 Å². The van der Waals surface area contributed by atoms with Crippen molar-refractivity contribution in [3.8, 4) is 11.1 Å². The summed E-state index contributed by atoms with van der Waals surface area (Å²) in [7, 11) is -0.250. The lowest BCUT2D eigenvalue weighted by atomic mass is 10.0. The predicted octanol–water partition coefficient (Wildman–Crippen LogP) is 3.65. The molecule has 0 unspecified atom stereocenters. The van der Waals surface area contributed by atoms with E-state index in [1.54, 1.807) is 0 Å². The number of fused-ring (bicyclic) bond motifs is 1. The number of rotatable bonds is 4. The van der Waals surface area contributed by atoms with Crippen molar-refractivity contribution in [1.29, 1.82) is 0 Å². The molecule has 1 aromatic carbocycles. The molecule has 0 atom stereocenters. The van der Waals surface area contributed by atoms with E-state index in [9.17, 15) is 5.11 Å². The third-order valence-electron chi connectivity index (χ3n) is 4.07. The standard InChI is InChI=1S/C18H21N2OP/c1-4-12-9-19-18-16(12)7-15(10-20-18)13-5-6-14(11-21)17(8-13)22(2)3/h5-10,21H,4,11H2,1-3H3,(H,19,20). The van der Waals surface area contributed by atoms with Crippen molar-refractivity contribution < 1.29 is 5.11 Å². The Morgan fingerprint density at radius 3 is 2.64 bits per heavy atom. The monoisotopic (exact) mass is 312 g/mol. The number of nitrogens with zero attached hydrogens (tertiary/aromatic N) is 1. The van der Waals surface area contributed by atoms with E-state index >= 15 is 0 Å². The van der Waals surface area contributed by atoms with Gasteiger partial charge < -0.3 is 10.1 Å². The number of aliphatic hydroxyl groups is 1. The molecule has 3 nitrogen and oxygen atoms in total. The van der Waals surface area contributed by atoms with Crippen LogP contribution < -0.4 is 5.30 Å². The first-order valence-electron chi connectivity index (χ1n) is 7.51. The first-order chi connectivity index (χ1) is 10.6. The largest absolute Gasteiger partial charge is 0.392 e. The normalized spacial score (nSPS) is 11.5. The number of benzene rings is 1. The van der Waals surface area contributed by atoms with Crippen molar-refractivity contribution in [3.63, 3.8) is 0 Å². The predicted molar refractivity (Wildman–Crippen MR) is 95.2 cm³/mol. The molecule has 0 fully saturated rings. The summed E-state index contributed by atoms with van der Waals surface area (Å²) >= 11 is 0. The Bertz CT molecular complexity index is 808. The quantitative estimate of drug-likeness (QED) is 0.722. The van der Waals surface area contributed by atoms with Gasteiger partial charge in [0.2, 0.25) is 0 Å². The molecule has 0 radical (unpaired) electrons. The molecule has 2 aromatic heterocycles. The zero-order valence-corrected chi connectivity index (χ0v) is 14.1. The van der Waals surface area contributed by atoms with Crippen molar-refractivity contribution in [2.24, 2.45) is 0 Å². The van der Waals surface area contributed by atoms with Crippen LogP contribution in [0.5, 0.6) is 0 Å². The number of pyridine rings is 1. The molecule has 2 N–H and O–H groups in total. The molecular weight excluding hydrogens is 291 g/mol. The van der Waals surface area contributed by atoms with E-state index in [1.807, 2.05) is 18.5 Å². The van der Waals surface area contributed by atoms with Gasteiger partial charge in [-0.1, -0.05) is 27.0 Å². The third-order valence-corrected chi connectivity index (χ3v) is 5.45. The minimum atomic E-state index is -0.250. The van der Waals surface area contributed by atoms with Crippen LogP contribution in [0.25, 0.3) is 22.2 Å². The molecule has 114 valence electrons. The van der Waals surface area contributed by atoms with E-state index in [0.29, 0.717) is 0 Å². The van der Waals surface area contributed by atoms with Crippen LogP contribution in [0.1, 0.15) is 18.1 Å². The van der Waals surface area contributed by atoms with Gasteiger partial charge in [-0.15, -0.1) is 0 Å². The van der Waals surface area contributed by atoms with E-state index in [0.717, 1.165) is 23.2 Å². The van der Waals surface area contributed by atoms with Crippen molar-refractivity contribution in [2.45, 2.75) is 20.0 Å². The highest BCUT2D eigenvalue weighted by Crippen LogP contribution is 2.30. The van der Waals surface area contributed by atoms with Crippen molar-refractivity contribution in [3.05, 3.63) is 47.8 Å². The molecule has 4 heteroatoms.